The minimum absolute atomic E-state index is 0.0369. The standard InChI is InChI=1S/C16H12BrClN2O/c1-20-14-8-3-2-5-10(14)13(19-20)9-15(21)11-6-4-7-12(17)16(11)18/h2-8H,9H2,1H3. The van der Waals surface area contributed by atoms with Crippen molar-refractivity contribution in [1.82, 2.24) is 9.78 Å². The van der Waals surface area contributed by atoms with Gasteiger partial charge in [0.25, 0.3) is 0 Å². The second kappa shape index (κ2) is 5.62. The highest BCUT2D eigenvalue weighted by Gasteiger charge is 2.16. The highest BCUT2D eigenvalue weighted by molar-refractivity contribution is 9.10. The van der Waals surface area contributed by atoms with Crippen molar-refractivity contribution in [3.05, 3.63) is 63.2 Å². The van der Waals surface area contributed by atoms with Gasteiger partial charge in [0, 0.05) is 22.5 Å². The van der Waals surface area contributed by atoms with Crippen LogP contribution in [-0.4, -0.2) is 15.6 Å². The fourth-order valence-electron chi connectivity index (χ4n) is 2.39. The lowest BCUT2D eigenvalue weighted by molar-refractivity contribution is 0.0992. The maximum absolute atomic E-state index is 12.5. The molecule has 0 aliphatic carbocycles. The van der Waals surface area contributed by atoms with Crippen LogP contribution in [0, 0.1) is 0 Å². The lowest BCUT2D eigenvalue weighted by Gasteiger charge is -2.04. The van der Waals surface area contributed by atoms with Crippen LogP contribution in [0.25, 0.3) is 10.9 Å². The molecular formula is C16H12BrClN2O. The van der Waals surface area contributed by atoms with Gasteiger partial charge in [-0.25, -0.2) is 0 Å². The predicted molar refractivity (Wildman–Crippen MR) is 87.9 cm³/mol. The molecule has 3 rings (SSSR count). The number of Topliss-reactive ketones (excluding diaryl/α,β-unsaturated/α-hetero) is 1. The Morgan fingerprint density at radius 2 is 2.00 bits per heavy atom. The number of hydrogen-bond donors (Lipinski definition) is 0. The van der Waals surface area contributed by atoms with Crippen molar-refractivity contribution >= 4 is 44.2 Å². The molecule has 0 bridgehead atoms. The zero-order valence-electron chi connectivity index (χ0n) is 11.3. The Morgan fingerprint density at radius 1 is 1.24 bits per heavy atom. The second-order valence-corrected chi connectivity index (χ2v) is 6.02. The smallest absolute Gasteiger partial charge is 0.170 e. The quantitative estimate of drug-likeness (QED) is 0.646. The first kappa shape index (κ1) is 14.3. The van der Waals surface area contributed by atoms with Crippen LogP contribution >= 0.6 is 27.5 Å². The molecule has 0 N–H and O–H groups in total. The topological polar surface area (TPSA) is 34.9 Å². The normalized spacial score (nSPS) is 11.0. The maximum atomic E-state index is 12.5. The average molecular weight is 364 g/mol. The van der Waals surface area contributed by atoms with Crippen LogP contribution in [-0.2, 0) is 13.5 Å². The van der Waals surface area contributed by atoms with E-state index < -0.39 is 0 Å². The van der Waals surface area contributed by atoms with E-state index in [2.05, 4.69) is 21.0 Å². The largest absolute Gasteiger partial charge is 0.294 e. The molecule has 0 amide bonds. The van der Waals surface area contributed by atoms with E-state index in [0.717, 1.165) is 21.1 Å². The van der Waals surface area contributed by atoms with Gasteiger partial charge in [0.05, 0.1) is 22.7 Å². The summed E-state index contributed by atoms with van der Waals surface area (Å²) in [6, 6.07) is 13.2. The lowest BCUT2D eigenvalue weighted by Crippen LogP contribution is -2.06. The third kappa shape index (κ3) is 2.61. The minimum Gasteiger partial charge on any atom is -0.294 e. The molecule has 0 saturated carbocycles. The Balaban J connectivity index is 1.99. The summed E-state index contributed by atoms with van der Waals surface area (Å²) in [5, 5.41) is 5.89. The highest BCUT2D eigenvalue weighted by atomic mass is 79.9. The maximum Gasteiger partial charge on any atom is 0.170 e. The first-order valence-corrected chi connectivity index (χ1v) is 7.63. The van der Waals surface area contributed by atoms with Gasteiger partial charge in [0.2, 0.25) is 0 Å². The third-order valence-corrected chi connectivity index (χ3v) is 4.71. The molecule has 0 saturated heterocycles. The first-order chi connectivity index (χ1) is 10.1. The average Bonchev–Trinajstić information content (AvgIpc) is 2.79. The Morgan fingerprint density at radius 3 is 2.81 bits per heavy atom. The van der Waals surface area contributed by atoms with Crippen molar-refractivity contribution < 1.29 is 4.79 Å². The molecule has 0 atom stereocenters. The van der Waals surface area contributed by atoms with Gasteiger partial charge in [0.1, 0.15) is 0 Å². The van der Waals surface area contributed by atoms with Crippen LogP contribution in [0.5, 0.6) is 0 Å². The van der Waals surface area contributed by atoms with E-state index in [1.165, 1.54) is 0 Å². The highest BCUT2D eigenvalue weighted by Crippen LogP contribution is 2.27. The Bertz CT molecular complexity index is 841. The summed E-state index contributed by atoms with van der Waals surface area (Å²) in [5.74, 6) is -0.0369. The number of benzene rings is 2. The number of nitrogens with zero attached hydrogens (tertiary/aromatic N) is 2. The molecule has 0 aliphatic rings. The number of aryl methyl sites for hydroxylation is 1. The number of carbonyl (C=O) groups is 1. The number of hydrogen-bond acceptors (Lipinski definition) is 2. The van der Waals surface area contributed by atoms with Gasteiger partial charge in [-0.15, -0.1) is 0 Å². The predicted octanol–water partition coefficient (Wildman–Crippen LogP) is 4.41. The van der Waals surface area contributed by atoms with E-state index in [9.17, 15) is 4.79 Å². The molecule has 2 aromatic carbocycles. The van der Waals surface area contributed by atoms with Crippen molar-refractivity contribution in [2.24, 2.45) is 7.05 Å². The van der Waals surface area contributed by atoms with Gasteiger partial charge in [-0.1, -0.05) is 35.9 Å². The van der Waals surface area contributed by atoms with Crippen LogP contribution in [0.1, 0.15) is 16.1 Å². The molecule has 0 radical (unpaired) electrons. The molecule has 21 heavy (non-hydrogen) atoms. The Hall–Kier alpha value is -1.65. The molecule has 0 aliphatic heterocycles. The number of fused-ring (bicyclic) bond motifs is 1. The molecule has 106 valence electrons. The summed E-state index contributed by atoms with van der Waals surface area (Å²) < 4.78 is 2.52. The van der Waals surface area contributed by atoms with Crippen LogP contribution in [0.3, 0.4) is 0 Å². The number of carbonyl (C=O) groups excluding carboxylic acids is 1. The first-order valence-electron chi connectivity index (χ1n) is 6.45. The van der Waals surface area contributed by atoms with Crippen molar-refractivity contribution in [3.8, 4) is 0 Å². The zero-order chi connectivity index (χ0) is 15.0. The molecule has 0 spiro atoms. The van der Waals surface area contributed by atoms with Crippen molar-refractivity contribution in [3.63, 3.8) is 0 Å². The van der Waals surface area contributed by atoms with Gasteiger partial charge >= 0.3 is 0 Å². The second-order valence-electron chi connectivity index (χ2n) is 4.79. The lowest BCUT2D eigenvalue weighted by atomic mass is 10.0. The summed E-state index contributed by atoms with van der Waals surface area (Å²) in [6.45, 7) is 0. The summed E-state index contributed by atoms with van der Waals surface area (Å²) in [5.41, 5.74) is 2.30. The van der Waals surface area contributed by atoms with Crippen molar-refractivity contribution in [1.29, 1.82) is 0 Å². The van der Waals surface area contributed by atoms with E-state index in [4.69, 9.17) is 11.6 Å². The van der Waals surface area contributed by atoms with Gasteiger partial charge in [-0.3, -0.25) is 9.48 Å². The van der Waals surface area contributed by atoms with Crippen LogP contribution in [0.2, 0.25) is 5.02 Å². The number of halogens is 2. The van der Waals surface area contributed by atoms with Gasteiger partial charge in [-0.05, 0) is 34.1 Å². The van der Waals surface area contributed by atoms with Gasteiger partial charge in [-0.2, -0.15) is 5.10 Å². The molecule has 3 nitrogen and oxygen atoms in total. The number of aromatic nitrogens is 2. The molecular weight excluding hydrogens is 352 g/mol. The van der Waals surface area contributed by atoms with Gasteiger partial charge < -0.3 is 0 Å². The summed E-state index contributed by atoms with van der Waals surface area (Å²) >= 11 is 9.52. The van der Waals surface area contributed by atoms with E-state index in [1.54, 1.807) is 16.8 Å². The van der Waals surface area contributed by atoms with E-state index in [1.807, 2.05) is 37.4 Å². The fraction of sp³-hybridized carbons (Fsp3) is 0.125. The number of rotatable bonds is 3. The molecule has 5 heteroatoms. The van der Waals surface area contributed by atoms with Crippen molar-refractivity contribution in [2.75, 3.05) is 0 Å². The molecule has 0 unspecified atom stereocenters. The number of para-hydroxylation sites is 1. The third-order valence-electron chi connectivity index (χ3n) is 3.41. The summed E-state index contributed by atoms with van der Waals surface area (Å²) in [4.78, 5) is 12.5. The monoisotopic (exact) mass is 362 g/mol. The van der Waals surface area contributed by atoms with Crippen LogP contribution in [0.15, 0.2) is 46.9 Å². The van der Waals surface area contributed by atoms with E-state index in [0.29, 0.717) is 10.6 Å². The zero-order valence-corrected chi connectivity index (χ0v) is 13.6. The summed E-state index contributed by atoms with van der Waals surface area (Å²) in [6.07, 6.45) is 0.234. The van der Waals surface area contributed by atoms with E-state index >= 15 is 0 Å². The minimum atomic E-state index is -0.0369. The Labute approximate surface area is 135 Å². The molecule has 1 heterocycles. The van der Waals surface area contributed by atoms with E-state index in [-0.39, 0.29) is 12.2 Å². The van der Waals surface area contributed by atoms with Crippen molar-refractivity contribution in [2.45, 2.75) is 6.42 Å². The van der Waals surface area contributed by atoms with Crippen LogP contribution < -0.4 is 0 Å². The SMILES string of the molecule is Cn1nc(CC(=O)c2cccc(Br)c2Cl)c2ccccc21. The fourth-order valence-corrected chi connectivity index (χ4v) is 2.98. The molecule has 0 fully saturated rings. The Kier molecular flexibility index (Phi) is 3.83. The molecule has 3 aromatic rings. The molecule has 1 aromatic heterocycles. The number of ketones is 1. The summed E-state index contributed by atoms with van der Waals surface area (Å²) in [7, 11) is 1.88. The van der Waals surface area contributed by atoms with Crippen LogP contribution in [0.4, 0.5) is 0 Å². The van der Waals surface area contributed by atoms with Gasteiger partial charge in [0.15, 0.2) is 5.78 Å².